The Labute approximate surface area is 123 Å². The lowest BCUT2D eigenvalue weighted by Gasteiger charge is -2.22. The Morgan fingerprint density at radius 3 is 2.70 bits per heavy atom. The van der Waals surface area contributed by atoms with Crippen molar-refractivity contribution in [3.05, 3.63) is 35.9 Å². The van der Waals surface area contributed by atoms with Crippen LogP contribution < -0.4 is 0 Å². The molecule has 4 nitrogen and oxygen atoms in total. The fourth-order valence-corrected chi connectivity index (χ4v) is 2.78. The average molecular weight is 296 g/mol. The first-order valence-electron chi connectivity index (χ1n) is 6.67. The summed E-state index contributed by atoms with van der Waals surface area (Å²) in [6.07, 6.45) is 1.50. The molecule has 108 valence electrons. The van der Waals surface area contributed by atoms with Gasteiger partial charge in [0.25, 0.3) is 0 Å². The van der Waals surface area contributed by atoms with Crippen LogP contribution in [0.5, 0.6) is 0 Å². The van der Waals surface area contributed by atoms with Crippen molar-refractivity contribution in [2.24, 2.45) is 0 Å². The van der Waals surface area contributed by atoms with Crippen molar-refractivity contribution in [3.63, 3.8) is 0 Å². The minimum absolute atomic E-state index is 0.0487. The molecule has 1 aliphatic rings. The second kappa shape index (κ2) is 6.75. The number of aryl methyl sites for hydroxylation is 1. The molecule has 1 aromatic carbocycles. The molecule has 0 saturated carbocycles. The van der Waals surface area contributed by atoms with Gasteiger partial charge in [-0.2, -0.15) is 0 Å². The van der Waals surface area contributed by atoms with Crippen molar-refractivity contribution in [2.75, 3.05) is 13.7 Å². The summed E-state index contributed by atoms with van der Waals surface area (Å²) in [5.74, 6) is -0.436. The maximum atomic E-state index is 12.3. The second-order valence-corrected chi connectivity index (χ2v) is 5.52. The monoisotopic (exact) mass is 295 g/mol. The number of hydrogen-bond acceptors (Lipinski definition) is 3. The van der Waals surface area contributed by atoms with E-state index in [-0.39, 0.29) is 17.3 Å². The summed E-state index contributed by atoms with van der Waals surface area (Å²) in [6.45, 7) is 0.412. The summed E-state index contributed by atoms with van der Waals surface area (Å²) in [6, 6.07) is 9.27. The molecular formula is C15H18ClNO3. The molecule has 0 radical (unpaired) electrons. The first-order chi connectivity index (χ1) is 9.61. The molecule has 1 aliphatic heterocycles. The highest BCUT2D eigenvalue weighted by Crippen LogP contribution is 2.24. The largest absolute Gasteiger partial charge is 0.467 e. The van der Waals surface area contributed by atoms with Crippen LogP contribution in [0.25, 0.3) is 0 Å². The quantitative estimate of drug-likeness (QED) is 0.630. The number of likely N-dealkylation sites (tertiary alicyclic amines) is 1. The van der Waals surface area contributed by atoms with Crippen LogP contribution in [0.4, 0.5) is 0 Å². The van der Waals surface area contributed by atoms with E-state index in [1.807, 2.05) is 30.3 Å². The number of nitrogens with zero attached hydrogens (tertiary/aromatic N) is 1. The van der Waals surface area contributed by atoms with E-state index in [4.69, 9.17) is 16.3 Å². The minimum atomic E-state index is -0.536. The number of carbonyl (C=O) groups excluding carboxylic acids is 2. The van der Waals surface area contributed by atoms with E-state index in [0.29, 0.717) is 25.8 Å². The van der Waals surface area contributed by atoms with Crippen molar-refractivity contribution < 1.29 is 14.3 Å². The van der Waals surface area contributed by atoms with Gasteiger partial charge in [0.2, 0.25) is 5.91 Å². The number of hydrogen-bond donors (Lipinski definition) is 0. The number of esters is 1. The smallest absolute Gasteiger partial charge is 0.328 e. The molecule has 2 atom stereocenters. The SMILES string of the molecule is COC(=O)C1C[C@H](Cl)CN1C(=O)CCc1ccccc1. The first-order valence-corrected chi connectivity index (χ1v) is 7.10. The van der Waals surface area contributed by atoms with Gasteiger partial charge >= 0.3 is 5.97 Å². The number of halogens is 1. The lowest BCUT2D eigenvalue weighted by atomic mass is 10.1. The van der Waals surface area contributed by atoms with Crippen molar-refractivity contribution in [1.29, 1.82) is 0 Å². The van der Waals surface area contributed by atoms with Crippen LogP contribution in [0.15, 0.2) is 30.3 Å². The van der Waals surface area contributed by atoms with Gasteiger partial charge in [-0.1, -0.05) is 30.3 Å². The Bertz CT molecular complexity index is 477. The van der Waals surface area contributed by atoms with Gasteiger partial charge in [-0.05, 0) is 18.4 Å². The molecule has 0 aliphatic carbocycles. The van der Waals surface area contributed by atoms with Gasteiger partial charge in [0.05, 0.1) is 12.5 Å². The topological polar surface area (TPSA) is 46.6 Å². The fraction of sp³-hybridized carbons (Fsp3) is 0.467. The molecule has 1 amide bonds. The van der Waals surface area contributed by atoms with Crippen LogP contribution in [0, 0.1) is 0 Å². The van der Waals surface area contributed by atoms with E-state index in [2.05, 4.69) is 0 Å². The number of benzene rings is 1. The molecule has 0 bridgehead atoms. The van der Waals surface area contributed by atoms with E-state index in [9.17, 15) is 9.59 Å². The van der Waals surface area contributed by atoms with Crippen LogP contribution >= 0.6 is 11.6 Å². The van der Waals surface area contributed by atoms with Gasteiger partial charge in [-0.15, -0.1) is 11.6 Å². The molecule has 20 heavy (non-hydrogen) atoms. The van der Waals surface area contributed by atoms with E-state index < -0.39 is 6.04 Å². The highest BCUT2D eigenvalue weighted by atomic mass is 35.5. The molecule has 1 heterocycles. The van der Waals surface area contributed by atoms with Gasteiger partial charge in [0.15, 0.2) is 0 Å². The zero-order valence-electron chi connectivity index (χ0n) is 11.4. The molecule has 1 saturated heterocycles. The third-order valence-corrected chi connectivity index (χ3v) is 3.83. The van der Waals surface area contributed by atoms with Crippen LogP contribution in [-0.2, 0) is 20.7 Å². The van der Waals surface area contributed by atoms with E-state index in [1.54, 1.807) is 4.90 Å². The normalized spacial score (nSPS) is 21.8. The van der Waals surface area contributed by atoms with Gasteiger partial charge in [-0.25, -0.2) is 4.79 Å². The summed E-state index contributed by atoms with van der Waals surface area (Å²) in [7, 11) is 1.33. The molecule has 2 rings (SSSR count). The highest BCUT2D eigenvalue weighted by Gasteiger charge is 2.39. The summed E-state index contributed by atoms with van der Waals surface area (Å²) in [4.78, 5) is 25.5. The lowest BCUT2D eigenvalue weighted by Crippen LogP contribution is -2.41. The van der Waals surface area contributed by atoms with E-state index >= 15 is 0 Å². The molecule has 1 aromatic rings. The maximum Gasteiger partial charge on any atom is 0.328 e. The van der Waals surface area contributed by atoms with Crippen molar-refractivity contribution >= 4 is 23.5 Å². The van der Waals surface area contributed by atoms with Gasteiger partial charge < -0.3 is 9.64 Å². The number of amides is 1. The first kappa shape index (κ1) is 14.9. The summed E-state index contributed by atoms with van der Waals surface area (Å²) in [5, 5.41) is -0.181. The Balaban J connectivity index is 1.95. The van der Waals surface area contributed by atoms with Gasteiger partial charge in [0.1, 0.15) is 6.04 Å². The molecule has 1 fully saturated rings. The standard InChI is InChI=1S/C15H18ClNO3/c1-20-15(19)13-9-12(16)10-17(13)14(18)8-7-11-5-3-2-4-6-11/h2-6,12-13H,7-10H2,1H3/t12-,13?/m0/s1. The third-order valence-electron chi connectivity index (χ3n) is 3.51. The molecule has 0 N–H and O–H groups in total. The summed E-state index contributed by atoms with van der Waals surface area (Å²) < 4.78 is 4.73. The Hall–Kier alpha value is -1.55. The molecule has 1 unspecified atom stereocenters. The maximum absolute atomic E-state index is 12.3. The second-order valence-electron chi connectivity index (χ2n) is 4.90. The minimum Gasteiger partial charge on any atom is -0.467 e. The zero-order chi connectivity index (χ0) is 14.5. The third kappa shape index (κ3) is 3.51. The molecule has 5 heteroatoms. The van der Waals surface area contributed by atoms with E-state index in [1.165, 1.54) is 7.11 Å². The summed E-state index contributed by atoms with van der Waals surface area (Å²) >= 11 is 6.06. The highest BCUT2D eigenvalue weighted by molar-refractivity contribution is 6.21. The van der Waals surface area contributed by atoms with Gasteiger partial charge in [-0.3, -0.25) is 4.79 Å². The van der Waals surface area contributed by atoms with Crippen LogP contribution in [-0.4, -0.2) is 41.8 Å². The number of alkyl halides is 1. The Morgan fingerprint density at radius 1 is 1.35 bits per heavy atom. The Kier molecular flexibility index (Phi) is 5.01. The van der Waals surface area contributed by atoms with Crippen molar-refractivity contribution in [2.45, 2.75) is 30.7 Å². The number of ether oxygens (including phenoxy) is 1. The zero-order valence-corrected chi connectivity index (χ0v) is 12.2. The Morgan fingerprint density at radius 2 is 2.05 bits per heavy atom. The van der Waals surface area contributed by atoms with Crippen LogP contribution in [0.1, 0.15) is 18.4 Å². The number of methoxy groups -OCH3 is 1. The lowest BCUT2D eigenvalue weighted by molar-refractivity contribution is -0.150. The predicted molar refractivity (Wildman–Crippen MR) is 76.5 cm³/mol. The van der Waals surface area contributed by atoms with Crippen molar-refractivity contribution in [1.82, 2.24) is 4.90 Å². The predicted octanol–water partition coefficient (Wildman–Crippen LogP) is 2.00. The average Bonchev–Trinajstić information content (AvgIpc) is 2.87. The molecule has 0 spiro atoms. The van der Waals surface area contributed by atoms with Crippen molar-refractivity contribution in [3.8, 4) is 0 Å². The number of carbonyl (C=O) groups is 2. The van der Waals surface area contributed by atoms with E-state index in [0.717, 1.165) is 5.56 Å². The van der Waals surface area contributed by atoms with Crippen LogP contribution in [0.3, 0.4) is 0 Å². The van der Waals surface area contributed by atoms with Crippen LogP contribution in [0.2, 0.25) is 0 Å². The van der Waals surface area contributed by atoms with Gasteiger partial charge in [0, 0.05) is 13.0 Å². The molecule has 0 aromatic heterocycles. The summed E-state index contributed by atoms with van der Waals surface area (Å²) in [5.41, 5.74) is 1.11. The fourth-order valence-electron chi connectivity index (χ4n) is 2.46. The number of rotatable bonds is 4. The molecular weight excluding hydrogens is 278 g/mol.